The summed E-state index contributed by atoms with van der Waals surface area (Å²) in [5.74, 6) is 0.0749. The monoisotopic (exact) mass is 430 g/mol. The molecule has 1 aliphatic heterocycles. The Morgan fingerprint density at radius 3 is 2.53 bits per heavy atom. The number of benzene rings is 2. The first-order chi connectivity index (χ1) is 15.5. The van der Waals surface area contributed by atoms with E-state index in [-0.39, 0.29) is 29.9 Å². The minimum Gasteiger partial charge on any atom is -0.484 e. The van der Waals surface area contributed by atoms with E-state index in [1.807, 2.05) is 0 Å². The van der Waals surface area contributed by atoms with Gasteiger partial charge in [-0.3, -0.25) is 14.4 Å². The van der Waals surface area contributed by atoms with Crippen LogP contribution < -0.4 is 15.9 Å². The lowest BCUT2D eigenvalue weighted by atomic mass is 9.98. The van der Waals surface area contributed by atoms with E-state index < -0.39 is 17.9 Å². The van der Waals surface area contributed by atoms with Gasteiger partial charge in [0.15, 0.2) is 12.0 Å². The summed E-state index contributed by atoms with van der Waals surface area (Å²) in [6.45, 7) is -0.0826. The average molecular weight is 430 g/mol. The number of carbonyl (C=O) groups excluding carboxylic acids is 2. The van der Waals surface area contributed by atoms with Gasteiger partial charge in [-0.25, -0.2) is 0 Å². The Morgan fingerprint density at radius 1 is 1.03 bits per heavy atom. The second kappa shape index (κ2) is 7.73. The van der Waals surface area contributed by atoms with Crippen LogP contribution in [0.5, 0.6) is 5.75 Å². The smallest absolute Gasteiger partial charge is 0.291 e. The molecule has 5 rings (SSSR count). The van der Waals surface area contributed by atoms with E-state index in [1.165, 1.54) is 6.26 Å². The summed E-state index contributed by atoms with van der Waals surface area (Å²) in [5, 5.41) is 0.408. The summed E-state index contributed by atoms with van der Waals surface area (Å²) in [4.78, 5) is 39.2. The molecule has 0 radical (unpaired) electrons. The van der Waals surface area contributed by atoms with E-state index in [0.717, 1.165) is 0 Å². The van der Waals surface area contributed by atoms with Gasteiger partial charge in [0.25, 0.3) is 11.8 Å². The highest BCUT2D eigenvalue weighted by atomic mass is 16.5. The molecule has 8 heteroatoms. The van der Waals surface area contributed by atoms with Crippen molar-refractivity contribution in [2.75, 3.05) is 6.61 Å². The number of primary amides is 1. The van der Waals surface area contributed by atoms with Gasteiger partial charge in [0.2, 0.25) is 5.76 Å². The zero-order valence-corrected chi connectivity index (χ0v) is 16.8. The van der Waals surface area contributed by atoms with E-state index in [2.05, 4.69) is 0 Å². The molecule has 2 N–H and O–H groups in total. The van der Waals surface area contributed by atoms with Gasteiger partial charge in [-0.2, -0.15) is 0 Å². The van der Waals surface area contributed by atoms with Crippen molar-refractivity contribution in [1.29, 1.82) is 0 Å². The third kappa shape index (κ3) is 3.31. The van der Waals surface area contributed by atoms with Crippen molar-refractivity contribution in [3.8, 4) is 5.75 Å². The number of hydrogen-bond donors (Lipinski definition) is 1. The zero-order chi connectivity index (χ0) is 22.2. The maximum atomic E-state index is 13.4. The molecule has 3 heterocycles. The number of nitrogens with two attached hydrogens (primary N) is 1. The molecular weight excluding hydrogens is 412 g/mol. The van der Waals surface area contributed by atoms with E-state index >= 15 is 0 Å². The first-order valence-electron chi connectivity index (χ1n) is 9.93. The summed E-state index contributed by atoms with van der Waals surface area (Å²) in [7, 11) is 0. The molecule has 8 nitrogen and oxygen atoms in total. The number of para-hydroxylation sites is 1. The molecule has 0 saturated heterocycles. The van der Waals surface area contributed by atoms with Crippen LogP contribution in [0.3, 0.4) is 0 Å². The van der Waals surface area contributed by atoms with Gasteiger partial charge in [0.1, 0.15) is 17.1 Å². The number of rotatable bonds is 6. The first-order valence-corrected chi connectivity index (χ1v) is 9.93. The molecular formula is C24H18N2O6. The second-order valence-electron chi connectivity index (χ2n) is 7.41. The molecule has 160 valence electrons. The van der Waals surface area contributed by atoms with E-state index in [1.54, 1.807) is 65.6 Å². The molecule has 0 fully saturated rings. The van der Waals surface area contributed by atoms with Crippen molar-refractivity contribution in [3.63, 3.8) is 0 Å². The van der Waals surface area contributed by atoms with Crippen LogP contribution in [-0.2, 0) is 11.3 Å². The van der Waals surface area contributed by atoms with Crippen LogP contribution in [0.1, 0.15) is 33.5 Å². The predicted octanol–water partition coefficient (Wildman–Crippen LogP) is 3.00. The van der Waals surface area contributed by atoms with Gasteiger partial charge in [-0.05, 0) is 42.0 Å². The maximum absolute atomic E-state index is 13.4. The van der Waals surface area contributed by atoms with Crippen LogP contribution >= 0.6 is 0 Å². The zero-order valence-electron chi connectivity index (χ0n) is 16.8. The molecule has 1 atom stereocenters. The summed E-state index contributed by atoms with van der Waals surface area (Å²) in [6, 6.07) is 16.5. The summed E-state index contributed by atoms with van der Waals surface area (Å²) in [6.07, 6.45) is 1.53. The lowest BCUT2D eigenvalue weighted by Crippen LogP contribution is -2.29. The molecule has 4 aromatic rings. The molecule has 2 aromatic heterocycles. The van der Waals surface area contributed by atoms with Gasteiger partial charge in [-0.15, -0.1) is 0 Å². The molecule has 1 unspecified atom stereocenters. The fourth-order valence-electron chi connectivity index (χ4n) is 3.95. The van der Waals surface area contributed by atoms with Crippen LogP contribution in [0.15, 0.2) is 80.6 Å². The average Bonchev–Trinajstić information content (AvgIpc) is 3.40. The van der Waals surface area contributed by atoms with Crippen molar-refractivity contribution >= 4 is 22.8 Å². The van der Waals surface area contributed by atoms with Gasteiger partial charge >= 0.3 is 0 Å². The minimum atomic E-state index is -0.673. The molecule has 1 aliphatic rings. The fourth-order valence-corrected chi connectivity index (χ4v) is 3.95. The normalized spacial score (nSPS) is 15.2. The molecule has 2 amide bonds. The number of fused-ring (bicyclic) bond motifs is 2. The van der Waals surface area contributed by atoms with Crippen molar-refractivity contribution in [1.82, 2.24) is 4.90 Å². The van der Waals surface area contributed by atoms with Gasteiger partial charge in [0.05, 0.1) is 29.8 Å². The van der Waals surface area contributed by atoms with Crippen molar-refractivity contribution in [2.24, 2.45) is 5.73 Å². The Labute approximate surface area is 181 Å². The second-order valence-corrected chi connectivity index (χ2v) is 7.41. The molecule has 2 aromatic carbocycles. The van der Waals surface area contributed by atoms with E-state index in [4.69, 9.17) is 19.3 Å². The van der Waals surface area contributed by atoms with Crippen LogP contribution in [0.2, 0.25) is 0 Å². The predicted molar refractivity (Wildman–Crippen MR) is 114 cm³/mol. The SMILES string of the molecule is NC(=O)COc1ccc(C2c3c(oc4ccccc4c3=O)C(=O)N2Cc2ccco2)cc1. The quantitative estimate of drug-likeness (QED) is 0.503. The summed E-state index contributed by atoms with van der Waals surface area (Å²) >= 11 is 0. The largest absolute Gasteiger partial charge is 0.484 e. The number of ether oxygens (including phenoxy) is 1. The van der Waals surface area contributed by atoms with Gasteiger partial charge in [-0.1, -0.05) is 24.3 Å². The van der Waals surface area contributed by atoms with E-state index in [0.29, 0.717) is 28.0 Å². The van der Waals surface area contributed by atoms with Gasteiger partial charge in [0, 0.05) is 0 Å². The number of furan rings is 1. The standard InChI is InChI=1S/C24H18N2O6/c25-19(27)13-31-15-9-7-14(8-10-15)21-20-22(28)17-5-1-2-6-18(17)32-23(20)24(29)26(21)12-16-4-3-11-30-16/h1-11,21H,12-13H2,(H2,25,27). The molecule has 32 heavy (non-hydrogen) atoms. The Bertz CT molecular complexity index is 1370. The Balaban J connectivity index is 1.62. The highest BCUT2D eigenvalue weighted by Gasteiger charge is 2.43. The lowest BCUT2D eigenvalue weighted by Gasteiger charge is -2.24. The highest BCUT2D eigenvalue weighted by Crippen LogP contribution is 2.39. The minimum absolute atomic E-state index is 0.0271. The number of carbonyl (C=O) groups is 2. The first kappa shape index (κ1) is 19.6. The third-order valence-electron chi connectivity index (χ3n) is 5.36. The number of hydrogen-bond acceptors (Lipinski definition) is 6. The molecule has 0 bridgehead atoms. The van der Waals surface area contributed by atoms with Crippen LogP contribution in [0.4, 0.5) is 0 Å². The molecule has 0 aliphatic carbocycles. The van der Waals surface area contributed by atoms with Crippen LogP contribution in [0, 0.1) is 0 Å². The van der Waals surface area contributed by atoms with Crippen molar-refractivity contribution in [2.45, 2.75) is 12.6 Å². The third-order valence-corrected chi connectivity index (χ3v) is 5.36. The summed E-state index contributed by atoms with van der Waals surface area (Å²) < 4.78 is 16.6. The number of nitrogens with zero attached hydrogens (tertiary/aromatic N) is 1. The Kier molecular flexibility index (Phi) is 4.74. The summed E-state index contributed by atoms with van der Waals surface area (Å²) in [5.41, 5.74) is 6.20. The fraction of sp³-hybridized carbons (Fsp3) is 0.125. The molecule has 0 saturated carbocycles. The van der Waals surface area contributed by atoms with Crippen molar-refractivity contribution in [3.05, 3.63) is 99.8 Å². The Hall–Kier alpha value is -4.33. The van der Waals surface area contributed by atoms with Crippen LogP contribution in [0.25, 0.3) is 11.0 Å². The van der Waals surface area contributed by atoms with Crippen LogP contribution in [-0.4, -0.2) is 23.3 Å². The van der Waals surface area contributed by atoms with Crippen molar-refractivity contribution < 1.29 is 23.2 Å². The number of amides is 2. The Morgan fingerprint density at radius 2 is 1.81 bits per heavy atom. The highest BCUT2D eigenvalue weighted by molar-refractivity contribution is 5.99. The van der Waals surface area contributed by atoms with Gasteiger partial charge < -0.3 is 24.2 Å². The van der Waals surface area contributed by atoms with E-state index in [9.17, 15) is 14.4 Å². The topological polar surface area (TPSA) is 116 Å². The maximum Gasteiger partial charge on any atom is 0.291 e. The molecule has 0 spiro atoms. The lowest BCUT2D eigenvalue weighted by molar-refractivity contribution is -0.119.